The Morgan fingerprint density at radius 2 is 1.62 bits per heavy atom. The molecule has 0 radical (unpaired) electrons. The van der Waals surface area contributed by atoms with Crippen LogP contribution in [0.25, 0.3) is 0 Å². The van der Waals surface area contributed by atoms with Crippen molar-refractivity contribution in [2.24, 2.45) is 4.40 Å². The minimum Gasteiger partial charge on any atom is -0.406 e. The van der Waals surface area contributed by atoms with E-state index in [1.54, 1.807) is 0 Å². The third-order valence-electron chi connectivity index (χ3n) is 0.978. The first-order valence-corrected chi connectivity index (χ1v) is 4.45. The molecule has 0 aromatic carbocycles. The SMILES string of the molecule is BNC(=NS(=O)(=O)C(F)(F)F)NB. The maximum Gasteiger partial charge on any atom is 0.518 e. The van der Waals surface area contributed by atoms with Crippen molar-refractivity contribution >= 4 is 31.9 Å². The number of rotatable bonds is 1. The van der Waals surface area contributed by atoms with Crippen LogP contribution < -0.4 is 10.5 Å². The molecule has 0 rings (SSSR count). The molecule has 0 aliphatic heterocycles. The molecule has 0 bridgehead atoms. The van der Waals surface area contributed by atoms with Crippen LogP contribution in [0.15, 0.2) is 4.40 Å². The van der Waals surface area contributed by atoms with Gasteiger partial charge in [-0.05, 0) is 0 Å². The Balaban J connectivity index is 5.00. The van der Waals surface area contributed by atoms with E-state index in [4.69, 9.17) is 0 Å². The highest BCUT2D eigenvalue weighted by Gasteiger charge is 2.46. The van der Waals surface area contributed by atoms with E-state index in [2.05, 4.69) is 14.9 Å². The lowest BCUT2D eigenvalue weighted by Crippen LogP contribution is -2.36. The van der Waals surface area contributed by atoms with Crippen molar-refractivity contribution in [2.75, 3.05) is 0 Å². The normalized spacial score (nSPS) is 11.9. The molecule has 0 atom stereocenters. The Kier molecular flexibility index (Phi) is 3.64. The Hall–Kier alpha value is -0.860. The van der Waals surface area contributed by atoms with E-state index >= 15 is 0 Å². The number of nitrogens with one attached hydrogen (secondary N) is 2. The average Bonchev–Trinajstić information content (AvgIpc) is 1.98. The minimum absolute atomic E-state index is 0.475. The number of halogens is 3. The van der Waals surface area contributed by atoms with Gasteiger partial charge in [-0.1, -0.05) is 0 Å². The van der Waals surface area contributed by atoms with Gasteiger partial charge in [0.25, 0.3) is 0 Å². The molecule has 11 heteroatoms. The van der Waals surface area contributed by atoms with Gasteiger partial charge in [-0.25, -0.2) is 0 Å². The van der Waals surface area contributed by atoms with Crippen LogP contribution in [0.5, 0.6) is 0 Å². The Morgan fingerprint density at radius 1 is 1.23 bits per heavy atom. The van der Waals surface area contributed by atoms with E-state index in [9.17, 15) is 21.6 Å². The molecule has 0 fully saturated rings. The molecule has 0 saturated carbocycles. The quantitative estimate of drug-likeness (QED) is 0.287. The number of hydrogen-bond donors (Lipinski definition) is 2. The monoisotopic (exact) mass is 215 g/mol. The molecule has 0 aromatic heterocycles. The second-order valence-corrected chi connectivity index (χ2v) is 3.46. The van der Waals surface area contributed by atoms with Crippen LogP contribution >= 0.6 is 0 Å². The fraction of sp³-hybridized carbons (Fsp3) is 0.500. The number of nitrogens with zero attached hydrogens (tertiary/aromatic N) is 1. The standard InChI is InChI=1S/C2H6B2F3N3O2S/c3-8-1(9-4)10-13(11,12)2(5,6)7/h3-4H2,(H2,8,9,10). The van der Waals surface area contributed by atoms with Gasteiger partial charge in [0.2, 0.25) is 16.0 Å². The zero-order valence-corrected chi connectivity index (χ0v) is 7.62. The summed E-state index contributed by atoms with van der Waals surface area (Å²) in [6, 6.07) is 0. The van der Waals surface area contributed by atoms with Crippen molar-refractivity contribution in [2.45, 2.75) is 5.51 Å². The molecule has 0 aromatic rings. The molecule has 0 heterocycles. The zero-order valence-electron chi connectivity index (χ0n) is 6.81. The Bertz CT molecular complexity index is 292. The molecule has 0 amide bonds. The third-order valence-corrected chi connectivity index (χ3v) is 1.99. The number of guanidine groups is 1. The van der Waals surface area contributed by atoms with Gasteiger partial charge >= 0.3 is 15.5 Å². The Morgan fingerprint density at radius 3 is 1.85 bits per heavy atom. The predicted octanol–water partition coefficient (Wildman–Crippen LogP) is -2.53. The van der Waals surface area contributed by atoms with Crippen molar-refractivity contribution in [3.8, 4) is 0 Å². The van der Waals surface area contributed by atoms with Crippen LogP contribution in [0.4, 0.5) is 13.2 Å². The molecule has 0 spiro atoms. The maximum atomic E-state index is 11.7. The van der Waals surface area contributed by atoms with Crippen LogP contribution in [0.2, 0.25) is 0 Å². The summed E-state index contributed by atoms with van der Waals surface area (Å²) in [6.07, 6.45) is 0. The molecule has 74 valence electrons. The second kappa shape index (κ2) is 3.90. The summed E-state index contributed by atoms with van der Waals surface area (Å²) in [4.78, 5) is 0. The molecule has 0 aliphatic rings. The smallest absolute Gasteiger partial charge is 0.406 e. The molecule has 13 heavy (non-hydrogen) atoms. The van der Waals surface area contributed by atoms with Gasteiger partial charge in [0.1, 0.15) is 0 Å². The van der Waals surface area contributed by atoms with E-state index < -0.39 is 21.5 Å². The fourth-order valence-electron chi connectivity index (χ4n) is 0.388. The van der Waals surface area contributed by atoms with Crippen molar-refractivity contribution in [1.29, 1.82) is 0 Å². The van der Waals surface area contributed by atoms with Gasteiger partial charge in [0, 0.05) is 0 Å². The maximum absolute atomic E-state index is 11.7. The molecular formula is C2H6B2F3N3O2S. The number of hydrogen-bond acceptors (Lipinski definition) is 2. The predicted molar refractivity (Wildman–Crippen MR) is 45.8 cm³/mol. The van der Waals surface area contributed by atoms with E-state index in [-0.39, 0.29) is 0 Å². The first-order chi connectivity index (χ1) is 5.74. The van der Waals surface area contributed by atoms with Crippen LogP contribution in [0.1, 0.15) is 0 Å². The third kappa shape index (κ3) is 3.17. The molecule has 0 unspecified atom stereocenters. The molecule has 0 aliphatic carbocycles. The molecule has 0 saturated heterocycles. The van der Waals surface area contributed by atoms with Crippen LogP contribution in [-0.2, 0) is 10.0 Å². The lowest BCUT2D eigenvalue weighted by molar-refractivity contribution is -0.0435. The van der Waals surface area contributed by atoms with E-state index in [1.165, 1.54) is 16.0 Å². The van der Waals surface area contributed by atoms with Crippen molar-refractivity contribution < 1.29 is 21.6 Å². The first kappa shape index (κ1) is 12.1. The van der Waals surface area contributed by atoms with Crippen LogP contribution in [0, 0.1) is 0 Å². The van der Waals surface area contributed by atoms with Crippen molar-refractivity contribution in [1.82, 2.24) is 10.5 Å². The minimum atomic E-state index is -5.46. The Labute approximate surface area is 74.7 Å². The topological polar surface area (TPSA) is 70.6 Å². The van der Waals surface area contributed by atoms with Gasteiger partial charge < -0.3 is 10.5 Å². The van der Waals surface area contributed by atoms with Gasteiger partial charge in [-0.2, -0.15) is 21.6 Å². The largest absolute Gasteiger partial charge is 0.518 e. The average molecular weight is 215 g/mol. The highest BCUT2D eigenvalue weighted by Crippen LogP contribution is 2.24. The molecular weight excluding hydrogens is 209 g/mol. The van der Waals surface area contributed by atoms with E-state index in [1.807, 2.05) is 0 Å². The summed E-state index contributed by atoms with van der Waals surface area (Å²) >= 11 is 0. The van der Waals surface area contributed by atoms with Gasteiger partial charge in [-0.3, -0.25) is 0 Å². The van der Waals surface area contributed by atoms with Gasteiger partial charge in [-0.15, -0.1) is 4.40 Å². The highest BCUT2D eigenvalue weighted by molar-refractivity contribution is 7.91. The number of sulfonamides is 1. The highest BCUT2D eigenvalue weighted by atomic mass is 32.2. The van der Waals surface area contributed by atoms with Gasteiger partial charge in [0.05, 0.1) is 0 Å². The summed E-state index contributed by atoms with van der Waals surface area (Å²) < 4.78 is 58.4. The summed E-state index contributed by atoms with van der Waals surface area (Å²) in [5.41, 5.74) is -5.37. The molecule has 2 N–H and O–H groups in total. The lowest BCUT2D eigenvalue weighted by Gasteiger charge is -2.06. The zero-order chi connectivity index (χ0) is 10.7. The van der Waals surface area contributed by atoms with Gasteiger partial charge in [0.15, 0.2) is 5.96 Å². The van der Waals surface area contributed by atoms with Crippen LogP contribution in [0.3, 0.4) is 0 Å². The lowest BCUT2D eigenvalue weighted by atomic mass is 10.4. The van der Waals surface area contributed by atoms with Crippen molar-refractivity contribution in [3.05, 3.63) is 0 Å². The second-order valence-electron chi connectivity index (χ2n) is 1.86. The van der Waals surface area contributed by atoms with Crippen molar-refractivity contribution in [3.63, 3.8) is 0 Å². The van der Waals surface area contributed by atoms with E-state index in [0.717, 1.165) is 0 Å². The fourth-order valence-corrected chi connectivity index (χ4v) is 0.915. The molecule has 5 nitrogen and oxygen atoms in total. The summed E-state index contributed by atoms with van der Waals surface area (Å²) in [7, 11) is -2.98. The summed E-state index contributed by atoms with van der Waals surface area (Å²) in [5.74, 6) is -0.475. The summed E-state index contributed by atoms with van der Waals surface area (Å²) in [5, 5.41) is 4.28. The first-order valence-electron chi connectivity index (χ1n) is 3.01. The van der Waals surface area contributed by atoms with E-state index in [0.29, 0.717) is 0 Å². The number of alkyl halides is 3. The summed E-state index contributed by atoms with van der Waals surface area (Å²) in [6.45, 7) is 0. The van der Waals surface area contributed by atoms with Crippen LogP contribution in [-0.4, -0.2) is 35.8 Å².